The number of ketones is 1. The van der Waals surface area contributed by atoms with E-state index in [2.05, 4.69) is 20.6 Å². The SMILES string of the molecule is CC(=O)c1ccccc1-c1nc(-c2csc(NC3=NCCCN3)n2)cs1. The smallest absolute Gasteiger partial charge is 0.197 e. The molecule has 132 valence electrons. The van der Waals surface area contributed by atoms with E-state index in [9.17, 15) is 4.79 Å². The first-order chi connectivity index (χ1) is 12.7. The van der Waals surface area contributed by atoms with Crippen molar-refractivity contribution in [1.29, 1.82) is 0 Å². The fourth-order valence-electron chi connectivity index (χ4n) is 2.66. The van der Waals surface area contributed by atoms with Crippen LogP contribution in [0.25, 0.3) is 22.0 Å². The molecular weight excluding hydrogens is 366 g/mol. The van der Waals surface area contributed by atoms with Gasteiger partial charge in [0.05, 0.1) is 0 Å². The topological polar surface area (TPSA) is 79.3 Å². The second-order valence-electron chi connectivity index (χ2n) is 5.81. The second-order valence-corrected chi connectivity index (χ2v) is 7.53. The Labute approximate surface area is 159 Å². The number of hydrogen-bond acceptors (Lipinski definition) is 8. The molecule has 0 spiro atoms. The number of anilines is 1. The van der Waals surface area contributed by atoms with E-state index >= 15 is 0 Å². The van der Waals surface area contributed by atoms with Crippen molar-refractivity contribution in [2.45, 2.75) is 13.3 Å². The standard InChI is InChI=1S/C18H17N5OS2/c1-11(24)12-5-2-3-6-13(12)16-21-14(9-25-16)15-10-26-18(22-15)23-17-19-7-4-8-20-17/h2-3,5-6,9-10H,4,7-8H2,1H3,(H2,19,20,22,23). The summed E-state index contributed by atoms with van der Waals surface area (Å²) in [6, 6.07) is 7.56. The van der Waals surface area contributed by atoms with Gasteiger partial charge in [-0.05, 0) is 13.3 Å². The highest BCUT2D eigenvalue weighted by Gasteiger charge is 2.15. The van der Waals surface area contributed by atoms with Crippen molar-refractivity contribution in [2.24, 2.45) is 4.99 Å². The highest BCUT2D eigenvalue weighted by molar-refractivity contribution is 7.14. The molecule has 2 aromatic heterocycles. The average molecular weight is 384 g/mol. The lowest BCUT2D eigenvalue weighted by atomic mass is 10.1. The van der Waals surface area contributed by atoms with Crippen LogP contribution in [0, 0.1) is 0 Å². The lowest BCUT2D eigenvalue weighted by molar-refractivity contribution is 0.101. The summed E-state index contributed by atoms with van der Waals surface area (Å²) in [6.07, 6.45) is 1.05. The molecule has 1 aliphatic heterocycles. The highest BCUT2D eigenvalue weighted by atomic mass is 32.1. The van der Waals surface area contributed by atoms with Crippen LogP contribution in [-0.2, 0) is 0 Å². The maximum atomic E-state index is 11.8. The Bertz CT molecular complexity index is 975. The summed E-state index contributed by atoms with van der Waals surface area (Å²) in [7, 11) is 0. The second kappa shape index (κ2) is 7.35. The molecule has 0 amide bonds. The number of rotatable bonds is 4. The Kier molecular flexibility index (Phi) is 4.77. The summed E-state index contributed by atoms with van der Waals surface area (Å²) in [4.78, 5) is 25.5. The van der Waals surface area contributed by atoms with Crippen LogP contribution >= 0.6 is 22.7 Å². The van der Waals surface area contributed by atoms with Crippen molar-refractivity contribution in [3.8, 4) is 22.0 Å². The summed E-state index contributed by atoms with van der Waals surface area (Å²) in [5.74, 6) is 0.810. The van der Waals surface area contributed by atoms with E-state index in [1.165, 1.54) is 22.7 Å². The van der Waals surface area contributed by atoms with Gasteiger partial charge in [-0.3, -0.25) is 9.79 Å². The molecule has 0 radical (unpaired) electrons. The molecule has 26 heavy (non-hydrogen) atoms. The molecule has 4 rings (SSSR count). The zero-order valence-corrected chi connectivity index (χ0v) is 15.8. The van der Waals surface area contributed by atoms with E-state index in [1.54, 1.807) is 6.92 Å². The zero-order valence-electron chi connectivity index (χ0n) is 14.2. The molecule has 0 fully saturated rings. The summed E-state index contributed by atoms with van der Waals surface area (Å²) in [5, 5.41) is 12.0. The van der Waals surface area contributed by atoms with E-state index in [0.717, 1.165) is 52.6 Å². The molecule has 1 aliphatic rings. The summed E-state index contributed by atoms with van der Waals surface area (Å²) >= 11 is 3.04. The molecule has 6 nitrogen and oxygen atoms in total. The van der Waals surface area contributed by atoms with Crippen LogP contribution in [0.2, 0.25) is 0 Å². The van der Waals surface area contributed by atoms with Gasteiger partial charge in [-0.25, -0.2) is 9.97 Å². The lowest BCUT2D eigenvalue weighted by Crippen LogP contribution is -2.35. The normalized spacial score (nSPS) is 13.8. The van der Waals surface area contributed by atoms with Gasteiger partial charge in [-0.2, -0.15) is 0 Å². The van der Waals surface area contributed by atoms with Gasteiger partial charge in [0.25, 0.3) is 0 Å². The van der Waals surface area contributed by atoms with Gasteiger partial charge < -0.3 is 10.6 Å². The van der Waals surface area contributed by atoms with E-state index in [4.69, 9.17) is 4.98 Å². The quantitative estimate of drug-likeness (QED) is 0.668. The molecule has 3 aromatic rings. The molecule has 0 aliphatic carbocycles. The third-order valence-corrected chi connectivity index (χ3v) is 5.56. The third kappa shape index (κ3) is 3.51. The van der Waals surface area contributed by atoms with Gasteiger partial charge >= 0.3 is 0 Å². The van der Waals surface area contributed by atoms with Gasteiger partial charge in [0.2, 0.25) is 0 Å². The first-order valence-corrected chi connectivity index (χ1v) is 10.0. The lowest BCUT2D eigenvalue weighted by Gasteiger charge is -2.13. The van der Waals surface area contributed by atoms with Gasteiger partial charge in [-0.1, -0.05) is 24.3 Å². The average Bonchev–Trinajstić information content (AvgIpc) is 3.32. The molecule has 2 N–H and O–H groups in total. The summed E-state index contributed by atoms with van der Waals surface area (Å²) in [5.41, 5.74) is 3.18. The number of nitrogens with one attached hydrogen (secondary N) is 2. The molecule has 0 unspecified atom stereocenters. The van der Waals surface area contributed by atoms with E-state index in [1.807, 2.05) is 35.0 Å². The number of thiazole rings is 2. The minimum atomic E-state index is 0.0400. The fraction of sp³-hybridized carbons (Fsp3) is 0.222. The summed E-state index contributed by atoms with van der Waals surface area (Å²) in [6.45, 7) is 3.33. The van der Waals surface area contributed by atoms with Crippen molar-refractivity contribution in [3.05, 3.63) is 40.6 Å². The monoisotopic (exact) mass is 383 g/mol. The van der Waals surface area contributed by atoms with Crippen molar-refractivity contribution in [2.75, 3.05) is 18.4 Å². The van der Waals surface area contributed by atoms with Crippen LogP contribution in [-0.4, -0.2) is 34.8 Å². The van der Waals surface area contributed by atoms with Crippen LogP contribution < -0.4 is 10.6 Å². The Morgan fingerprint density at radius 1 is 1.15 bits per heavy atom. The highest BCUT2D eigenvalue weighted by Crippen LogP contribution is 2.32. The van der Waals surface area contributed by atoms with Crippen molar-refractivity contribution in [3.63, 3.8) is 0 Å². The molecule has 0 saturated carbocycles. The molecule has 0 atom stereocenters. The number of Topliss-reactive ketones (excluding diaryl/α,β-unsaturated/α-hetero) is 1. The first kappa shape index (κ1) is 16.9. The molecule has 0 bridgehead atoms. The van der Waals surface area contributed by atoms with E-state index in [0.29, 0.717) is 5.56 Å². The van der Waals surface area contributed by atoms with Crippen molar-refractivity contribution < 1.29 is 4.79 Å². The summed E-state index contributed by atoms with van der Waals surface area (Å²) < 4.78 is 0. The number of hydrogen-bond donors (Lipinski definition) is 2. The van der Waals surface area contributed by atoms with Crippen LogP contribution in [0.3, 0.4) is 0 Å². The fourth-order valence-corrected chi connectivity index (χ4v) is 4.21. The van der Waals surface area contributed by atoms with Gasteiger partial charge in [0.1, 0.15) is 16.4 Å². The molecular formula is C18H17N5OS2. The van der Waals surface area contributed by atoms with Crippen LogP contribution in [0.15, 0.2) is 40.0 Å². The number of benzene rings is 1. The van der Waals surface area contributed by atoms with Crippen molar-refractivity contribution >= 4 is 39.5 Å². The van der Waals surface area contributed by atoms with Gasteiger partial charge in [-0.15, -0.1) is 22.7 Å². The number of carbonyl (C=O) groups excluding carboxylic acids is 1. The number of nitrogens with zero attached hydrogens (tertiary/aromatic N) is 3. The number of carbonyl (C=O) groups is 1. The maximum absolute atomic E-state index is 11.8. The zero-order chi connectivity index (χ0) is 17.9. The Hall–Kier alpha value is -2.58. The predicted molar refractivity (Wildman–Crippen MR) is 107 cm³/mol. The van der Waals surface area contributed by atoms with Gasteiger partial charge in [0, 0.05) is 35.0 Å². The number of guanidine groups is 1. The Balaban J connectivity index is 1.57. The first-order valence-electron chi connectivity index (χ1n) is 8.28. The molecule has 8 heteroatoms. The van der Waals surface area contributed by atoms with Gasteiger partial charge in [0.15, 0.2) is 16.9 Å². The Morgan fingerprint density at radius 2 is 1.96 bits per heavy atom. The number of aliphatic imine (C=N–C) groups is 1. The largest absolute Gasteiger partial charge is 0.356 e. The van der Waals surface area contributed by atoms with Crippen molar-refractivity contribution in [1.82, 2.24) is 15.3 Å². The minimum absolute atomic E-state index is 0.0400. The van der Waals surface area contributed by atoms with E-state index in [-0.39, 0.29) is 5.78 Å². The minimum Gasteiger partial charge on any atom is -0.356 e. The number of aromatic nitrogens is 2. The maximum Gasteiger partial charge on any atom is 0.197 e. The van der Waals surface area contributed by atoms with E-state index < -0.39 is 0 Å². The molecule has 3 heterocycles. The van der Waals surface area contributed by atoms with Crippen LogP contribution in [0.1, 0.15) is 23.7 Å². The molecule has 0 saturated heterocycles. The van der Waals surface area contributed by atoms with Crippen LogP contribution in [0.4, 0.5) is 5.13 Å². The van der Waals surface area contributed by atoms with Crippen LogP contribution in [0.5, 0.6) is 0 Å². The predicted octanol–water partition coefficient (Wildman–Crippen LogP) is 3.90. The Morgan fingerprint density at radius 3 is 2.77 bits per heavy atom. The third-order valence-electron chi connectivity index (χ3n) is 3.93. The molecule has 1 aromatic carbocycles.